The number of hydrogen-bond acceptors (Lipinski definition) is 21. The van der Waals surface area contributed by atoms with Crippen molar-refractivity contribution in [3.63, 3.8) is 0 Å². The van der Waals surface area contributed by atoms with E-state index in [1.807, 2.05) is 0 Å². The molecular weight excluding hydrogens is 764 g/mol. The van der Waals surface area contributed by atoms with Gasteiger partial charge in [0.05, 0.1) is 60.4 Å². The predicted molar refractivity (Wildman–Crippen MR) is 208 cm³/mol. The number of imide groups is 1. The first-order valence-electron chi connectivity index (χ1n) is 18.2. The maximum atomic E-state index is 16.2. The molecule has 0 aromatic heterocycles. The summed E-state index contributed by atoms with van der Waals surface area (Å²) in [7, 11) is 0. The number of primary amides is 1. The fraction of sp³-hybridized carbons (Fsp3) is 0.686. The van der Waals surface area contributed by atoms with Gasteiger partial charge in [-0.2, -0.15) is 0 Å². The summed E-state index contributed by atoms with van der Waals surface area (Å²) in [6.07, 6.45) is 0. The van der Waals surface area contributed by atoms with Crippen LogP contribution < -0.4 is 63.1 Å². The molecular formula is C35H62N12O11. The van der Waals surface area contributed by atoms with Crippen LogP contribution in [0.3, 0.4) is 0 Å². The fourth-order valence-corrected chi connectivity index (χ4v) is 7.65. The lowest BCUT2D eigenvalue weighted by atomic mass is 9.33. The van der Waals surface area contributed by atoms with Crippen LogP contribution >= 0.6 is 0 Å². The lowest BCUT2D eigenvalue weighted by molar-refractivity contribution is -0.209. The highest BCUT2D eigenvalue weighted by Gasteiger charge is 2.92. The number of carbonyl (C=O) groups is 11. The second-order valence-corrected chi connectivity index (χ2v) is 15.1. The number of hydrogen-bond donors (Lipinski definition) is 11. The molecule has 11 atom stereocenters. The zero-order valence-corrected chi connectivity index (χ0v) is 34.6. The fourth-order valence-electron chi connectivity index (χ4n) is 7.65. The minimum absolute atomic E-state index is 0.491. The molecule has 0 unspecified atom stereocenters. The van der Waals surface area contributed by atoms with E-state index >= 15 is 43.2 Å². The number of Topliss-reactive ketones (excluding diaryl/α,β-unsaturated/α-hetero) is 8. The van der Waals surface area contributed by atoms with Gasteiger partial charge in [-0.05, 0) is 69.2 Å². The van der Waals surface area contributed by atoms with Gasteiger partial charge in [0.15, 0.2) is 57.1 Å². The van der Waals surface area contributed by atoms with Gasteiger partial charge in [0, 0.05) is 0 Å². The molecule has 0 radical (unpaired) electrons. The van der Waals surface area contributed by atoms with Gasteiger partial charge in [-0.15, -0.1) is 0 Å². The average molecular weight is 827 g/mol. The Morgan fingerprint density at radius 2 is 0.517 bits per heavy atom. The van der Waals surface area contributed by atoms with Gasteiger partial charge < -0.3 is 63.1 Å². The zero-order chi connectivity index (χ0) is 46.7. The predicted octanol–water partition coefficient (Wildman–Crippen LogP) is -7.45. The molecule has 0 aliphatic carbocycles. The lowest BCUT2D eigenvalue weighted by Crippen LogP contribution is -2.92. The van der Waals surface area contributed by atoms with Crippen LogP contribution in [-0.4, -0.2) is 135 Å². The van der Waals surface area contributed by atoms with Crippen molar-refractivity contribution in [2.75, 3.05) is 0 Å². The third-order valence-electron chi connectivity index (χ3n) is 9.83. The summed E-state index contributed by atoms with van der Waals surface area (Å²) in [6, 6.07) is -22.8. The van der Waals surface area contributed by atoms with Gasteiger partial charge in [0.1, 0.15) is 5.41 Å². The summed E-state index contributed by atoms with van der Waals surface area (Å²) in [4.78, 5) is 169. The molecule has 0 aliphatic rings. The monoisotopic (exact) mass is 826 g/mol. The number of nitrogens with two attached hydrogens (primary N) is 11. The Kier molecular flexibility index (Phi) is 17.6. The number of ketones is 8. The van der Waals surface area contributed by atoms with Crippen LogP contribution in [0, 0.1) is 16.2 Å². The Morgan fingerprint density at radius 1 is 0.328 bits per heavy atom. The molecule has 3 amide bonds. The van der Waals surface area contributed by atoms with Crippen molar-refractivity contribution in [1.29, 1.82) is 0 Å². The third kappa shape index (κ3) is 7.74. The maximum absolute atomic E-state index is 16.2. The van der Waals surface area contributed by atoms with Crippen molar-refractivity contribution in [1.82, 2.24) is 4.90 Å². The molecule has 0 saturated heterocycles. The molecule has 328 valence electrons. The van der Waals surface area contributed by atoms with Crippen molar-refractivity contribution in [3.05, 3.63) is 0 Å². The minimum atomic E-state index is -4.95. The Balaban J connectivity index is 12.2. The maximum Gasteiger partial charge on any atom is 0.252 e. The van der Waals surface area contributed by atoms with E-state index in [0.29, 0.717) is 0 Å². The molecule has 0 heterocycles. The van der Waals surface area contributed by atoms with Crippen LogP contribution in [0.4, 0.5) is 0 Å². The van der Waals surface area contributed by atoms with E-state index in [4.69, 9.17) is 63.1 Å². The second-order valence-electron chi connectivity index (χ2n) is 15.1. The SMILES string of the molecule is C[C@H](N)C(=O)N(C(=O)[C@H](C)N)[C@@](C(N)=O)(C(=O)[C@H](C)N)C(C(=O)[C@H](C)N)(C(C(=O)[C@H](C)N)(C(=O)[C@H](C)N)C(=O)[C@H](C)N)C(C(=O)[C@H](C)N)(C(=O)[C@H](C)N)C(=O)[C@H](C)N. The Morgan fingerprint density at radius 3 is 0.655 bits per heavy atom. The van der Waals surface area contributed by atoms with E-state index in [-0.39, 0.29) is 0 Å². The van der Waals surface area contributed by atoms with E-state index < -0.39 is 151 Å². The summed E-state index contributed by atoms with van der Waals surface area (Å²) in [5.74, 6) is -23.2. The molecule has 0 aromatic carbocycles. The Labute approximate surface area is 335 Å². The normalized spacial score (nSPS) is 18.6. The average Bonchev–Trinajstić information content (AvgIpc) is 3.10. The Hall–Kier alpha value is -4.43. The molecule has 0 spiro atoms. The number of nitrogens with zero attached hydrogens (tertiary/aromatic N) is 1. The van der Waals surface area contributed by atoms with Crippen LogP contribution in [0.2, 0.25) is 0 Å². The molecule has 0 rings (SSSR count). The van der Waals surface area contributed by atoms with Gasteiger partial charge in [-0.25, -0.2) is 0 Å². The van der Waals surface area contributed by atoms with E-state index in [0.717, 1.165) is 69.2 Å². The van der Waals surface area contributed by atoms with Crippen LogP contribution in [-0.2, 0) is 52.7 Å². The van der Waals surface area contributed by atoms with E-state index in [9.17, 15) is 9.59 Å². The summed E-state index contributed by atoms with van der Waals surface area (Å²) in [5.41, 5.74) is 48.7. The quantitative estimate of drug-likeness (QED) is 0.0426. The van der Waals surface area contributed by atoms with E-state index in [2.05, 4.69) is 0 Å². The minimum Gasteiger partial charge on any atom is -0.367 e. The third-order valence-corrected chi connectivity index (χ3v) is 9.83. The van der Waals surface area contributed by atoms with Crippen molar-refractivity contribution in [2.45, 2.75) is 135 Å². The van der Waals surface area contributed by atoms with Crippen molar-refractivity contribution in [3.8, 4) is 0 Å². The Bertz CT molecular complexity index is 1530. The highest BCUT2D eigenvalue weighted by Crippen LogP contribution is 2.65. The highest BCUT2D eigenvalue weighted by atomic mass is 16.2. The molecule has 0 fully saturated rings. The number of rotatable bonds is 23. The van der Waals surface area contributed by atoms with Gasteiger partial charge >= 0.3 is 0 Å². The molecule has 0 bridgehead atoms. The smallest absolute Gasteiger partial charge is 0.252 e. The van der Waals surface area contributed by atoms with Crippen molar-refractivity contribution in [2.24, 2.45) is 79.3 Å². The molecule has 58 heavy (non-hydrogen) atoms. The van der Waals surface area contributed by atoms with Gasteiger partial charge in [0.2, 0.25) is 17.4 Å². The largest absolute Gasteiger partial charge is 0.367 e. The second kappa shape index (κ2) is 19.1. The summed E-state index contributed by atoms with van der Waals surface area (Å²) >= 11 is 0. The van der Waals surface area contributed by atoms with E-state index in [1.165, 1.54) is 0 Å². The first-order valence-corrected chi connectivity index (χ1v) is 18.2. The van der Waals surface area contributed by atoms with E-state index in [1.54, 1.807) is 0 Å². The van der Waals surface area contributed by atoms with Crippen LogP contribution in [0.5, 0.6) is 0 Å². The van der Waals surface area contributed by atoms with Crippen molar-refractivity contribution >= 4 is 64.0 Å². The van der Waals surface area contributed by atoms with Gasteiger partial charge in [-0.3, -0.25) is 57.6 Å². The van der Waals surface area contributed by atoms with Gasteiger partial charge in [0.25, 0.3) is 5.91 Å². The van der Waals surface area contributed by atoms with Crippen LogP contribution in [0.1, 0.15) is 69.2 Å². The summed E-state index contributed by atoms with van der Waals surface area (Å²) in [6.45, 7) is 8.02. The van der Waals surface area contributed by atoms with Gasteiger partial charge in [-0.1, -0.05) is 0 Å². The molecule has 0 saturated carbocycles. The molecule has 0 aliphatic heterocycles. The van der Waals surface area contributed by atoms with Crippen molar-refractivity contribution < 1.29 is 52.7 Å². The zero-order valence-electron chi connectivity index (χ0n) is 34.6. The number of carbonyl (C=O) groups excluding carboxylic acids is 11. The summed E-state index contributed by atoms with van der Waals surface area (Å²) < 4.78 is 0. The van der Waals surface area contributed by atoms with Crippen LogP contribution in [0.15, 0.2) is 0 Å². The first kappa shape index (κ1) is 53.6. The molecule has 23 nitrogen and oxygen atoms in total. The molecule has 22 N–H and O–H groups in total. The molecule has 23 heteroatoms. The highest BCUT2D eigenvalue weighted by molar-refractivity contribution is 6.41. The first-order chi connectivity index (χ1) is 26.1. The lowest BCUT2D eigenvalue weighted by Gasteiger charge is -2.64. The summed E-state index contributed by atoms with van der Waals surface area (Å²) in [5, 5.41) is 0. The standard InChI is InChI=1S/C35H62N12O11/c1-11(36)21(48)32(22(49)12(2)37,23(50)13(3)38)35(28(55)18(8)43,33(24(51)14(4)39,25(52)15(5)40)26(53)16(6)41)34(31(46)58,27(54)17(7)42)47(29(56)19(9)44)30(57)20(10)45/h11-20H,36-45H2,1-10H3,(H2,46,58)/t11-,12-,13-,14-,15-,16-,17-,18-,19-,20-,34+/m0/s1. The number of amides is 3. The molecule has 0 aromatic rings. The topological polar surface area (TPSA) is 477 Å². The van der Waals surface area contributed by atoms with Crippen LogP contribution in [0.25, 0.3) is 0 Å².